The zero-order valence-electron chi connectivity index (χ0n) is 12.8. The maximum absolute atomic E-state index is 13.7. The number of pyridine rings is 1. The Morgan fingerprint density at radius 2 is 2.08 bits per heavy atom. The highest BCUT2D eigenvalue weighted by Crippen LogP contribution is 2.19. The summed E-state index contributed by atoms with van der Waals surface area (Å²) in [6.07, 6.45) is 3.57. The van der Waals surface area contributed by atoms with Gasteiger partial charge in [0.25, 0.3) is 5.91 Å². The monoisotopic (exact) mass is 328 g/mol. The average molecular weight is 328 g/mol. The van der Waals surface area contributed by atoms with Gasteiger partial charge < -0.3 is 5.32 Å². The zero-order chi connectivity index (χ0) is 17.1. The van der Waals surface area contributed by atoms with E-state index in [-0.39, 0.29) is 5.69 Å². The molecule has 7 heteroatoms. The van der Waals surface area contributed by atoms with Crippen LogP contribution in [0.25, 0.3) is 5.82 Å². The van der Waals surface area contributed by atoms with Crippen molar-refractivity contribution in [1.82, 2.24) is 14.8 Å². The molecule has 0 aliphatic carbocycles. The normalized spacial score (nSPS) is 10.6. The maximum atomic E-state index is 13.7. The minimum Gasteiger partial charge on any atom is -0.319 e. The van der Waals surface area contributed by atoms with Crippen LogP contribution in [-0.2, 0) is 6.42 Å². The molecule has 2 aromatic heterocycles. The first-order chi connectivity index (χ1) is 11.6. The highest BCUT2D eigenvalue weighted by atomic mass is 19.1. The van der Waals surface area contributed by atoms with Crippen LogP contribution in [0.2, 0.25) is 0 Å². The SMILES string of the molecule is CCc1c(C(=O)Nc2ccc(F)cc2F)cnn1-c1ccccn1. The Balaban J connectivity index is 1.92. The molecule has 0 bridgehead atoms. The third-order valence-electron chi connectivity index (χ3n) is 3.49. The summed E-state index contributed by atoms with van der Waals surface area (Å²) in [4.78, 5) is 16.6. The summed E-state index contributed by atoms with van der Waals surface area (Å²) in [5.41, 5.74) is 0.870. The topological polar surface area (TPSA) is 59.8 Å². The highest BCUT2D eigenvalue weighted by Gasteiger charge is 2.18. The van der Waals surface area contributed by atoms with E-state index in [1.807, 2.05) is 13.0 Å². The molecule has 0 aliphatic heterocycles. The average Bonchev–Trinajstić information content (AvgIpc) is 3.02. The fraction of sp³-hybridized carbons (Fsp3) is 0.118. The molecular weight excluding hydrogens is 314 g/mol. The van der Waals surface area contributed by atoms with Gasteiger partial charge in [-0.1, -0.05) is 13.0 Å². The second-order valence-corrected chi connectivity index (χ2v) is 5.04. The molecular formula is C17H14F2N4O. The molecule has 0 unspecified atom stereocenters. The second kappa shape index (κ2) is 6.57. The summed E-state index contributed by atoms with van der Waals surface area (Å²) in [5.74, 6) is -1.47. The predicted octanol–water partition coefficient (Wildman–Crippen LogP) is 3.36. The lowest BCUT2D eigenvalue weighted by atomic mass is 10.2. The molecule has 0 atom stereocenters. The van der Waals surface area contributed by atoms with Gasteiger partial charge in [0.2, 0.25) is 0 Å². The van der Waals surface area contributed by atoms with Crippen molar-refractivity contribution < 1.29 is 13.6 Å². The summed E-state index contributed by atoms with van der Waals surface area (Å²) in [5, 5.41) is 6.63. The van der Waals surface area contributed by atoms with Crippen LogP contribution < -0.4 is 5.32 Å². The molecule has 2 heterocycles. The fourth-order valence-corrected chi connectivity index (χ4v) is 2.36. The van der Waals surface area contributed by atoms with E-state index in [0.29, 0.717) is 29.6 Å². The molecule has 24 heavy (non-hydrogen) atoms. The Hall–Kier alpha value is -3.09. The van der Waals surface area contributed by atoms with Crippen LogP contribution in [-0.4, -0.2) is 20.7 Å². The number of nitrogens with zero attached hydrogens (tertiary/aromatic N) is 3. The van der Waals surface area contributed by atoms with E-state index in [0.717, 1.165) is 6.07 Å². The van der Waals surface area contributed by atoms with Gasteiger partial charge in [-0.15, -0.1) is 0 Å². The molecule has 0 aliphatic rings. The smallest absolute Gasteiger partial charge is 0.259 e. The molecule has 0 fully saturated rings. The Bertz CT molecular complexity index is 878. The Morgan fingerprint density at radius 1 is 1.25 bits per heavy atom. The second-order valence-electron chi connectivity index (χ2n) is 5.04. The van der Waals surface area contributed by atoms with E-state index in [2.05, 4.69) is 15.4 Å². The van der Waals surface area contributed by atoms with E-state index in [9.17, 15) is 13.6 Å². The Labute approximate surface area is 137 Å². The van der Waals surface area contributed by atoms with Crippen molar-refractivity contribution in [2.45, 2.75) is 13.3 Å². The first-order valence-corrected chi connectivity index (χ1v) is 7.35. The lowest BCUT2D eigenvalue weighted by molar-refractivity contribution is 0.102. The molecule has 0 saturated heterocycles. The van der Waals surface area contributed by atoms with Gasteiger partial charge in [0, 0.05) is 12.3 Å². The number of hydrogen-bond donors (Lipinski definition) is 1. The van der Waals surface area contributed by atoms with E-state index >= 15 is 0 Å². The molecule has 0 spiro atoms. The predicted molar refractivity (Wildman–Crippen MR) is 85.0 cm³/mol. The number of carbonyl (C=O) groups excluding carboxylic acids is 1. The number of amides is 1. The summed E-state index contributed by atoms with van der Waals surface area (Å²) in [6.45, 7) is 1.88. The van der Waals surface area contributed by atoms with Gasteiger partial charge in [-0.25, -0.2) is 18.4 Å². The lowest BCUT2D eigenvalue weighted by Crippen LogP contribution is -2.15. The van der Waals surface area contributed by atoms with Crippen LogP contribution in [0.3, 0.4) is 0 Å². The highest BCUT2D eigenvalue weighted by molar-refractivity contribution is 6.05. The summed E-state index contributed by atoms with van der Waals surface area (Å²) in [7, 11) is 0. The zero-order valence-corrected chi connectivity index (χ0v) is 12.8. The number of hydrogen-bond acceptors (Lipinski definition) is 3. The fourth-order valence-electron chi connectivity index (χ4n) is 2.36. The van der Waals surface area contributed by atoms with Crippen molar-refractivity contribution >= 4 is 11.6 Å². The van der Waals surface area contributed by atoms with Crippen LogP contribution in [0.5, 0.6) is 0 Å². The molecule has 1 aromatic carbocycles. The molecule has 3 rings (SSSR count). The quantitative estimate of drug-likeness (QED) is 0.799. The first-order valence-electron chi connectivity index (χ1n) is 7.35. The van der Waals surface area contributed by atoms with Crippen molar-refractivity contribution in [2.24, 2.45) is 0 Å². The van der Waals surface area contributed by atoms with Crippen molar-refractivity contribution in [2.75, 3.05) is 5.32 Å². The number of carbonyl (C=O) groups is 1. The molecule has 5 nitrogen and oxygen atoms in total. The number of rotatable bonds is 4. The molecule has 0 radical (unpaired) electrons. The van der Waals surface area contributed by atoms with E-state index < -0.39 is 17.5 Å². The largest absolute Gasteiger partial charge is 0.319 e. The van der Waals surface area contributed by atoms with Gasteiger partial charge in [-0.05, 0) is 30.7 Å². The molecule has 0 saturated carbocycles. The Morgan fingerprint density at radius 3 is 2.75 bits per heavy atom. The van der Waals surface area contributed by atoms with Gasteiger partial charge in [0.1, 0.15) is 11.6 Å². The third-order valence-corrected chi connectivity index (χ3v) is 3.49. The van der Waals surface area contributed by atoms with Gasteiger partial charge >= 0.3 is 0 Å². The molecule has 1 amide bonds. The van der Waals surface area contributed by atoms with Crippen LogP contribution in [0, 0.1) is 11.6 Å². The van der Waals surface area contributed by atoms with E-state index in [4.69, 9.17) is 0 Å². The minimum atomic E-state index is -0.835. The molecule has 3 aromatic rings. The number of aromatic nitrogens is 3. The molecule has 1 N–H and O–H groups in total. The number of benzene rings is 1. The van der Waals surface area contributed by atoms with E-state index in [1.165, 1.54) is 12.3 Å². The lowest BCUT2D eigenvalue weighted by Gasteiger charge is -2.08. The maximum Gasteiger partial charge on any atom is 0.259 e. The number of anilines is 1. The van der Waals surface area contributed by atoms with Gasteiger partial charge in [0.15, 0.2) is 5.82 Å². The standard InChI is InChI=1S/C17H14F2N4O/c1-2-15-12(10-21-23(15)16-5-3-4-8-20-16)17(24)22-14-7-6-11(18)9-13(14)19/h3-10H,2H2,1H3,(H,22,24). The van der Waals surface area contributed by atoms with Crippen molar-refractivity contribution in [3.63, 3.8) is 0 Å². The van der Waals surface area contributed by atoms with Gasteiger partial charge in [0.05, 0.1) is 23.1 Å². The number of nitrogens with one attached hydrogen (secondary N) is 1. The van der Waals surface area contributed by atoms with Crippen LogP contribution in [0.1, 0.15) is 23.0 Å². The Kier molecular flexibility index (Phi) is 4.33. The number of halogens is 2. The van der Waals surface area contributed by atoms with Gasteiger partial charge in [-0.3, -0.25) is 4.79 Å². The summed E-state index contributed by atoms with van der Waals surface area (Å²) < 4.78 is 28.2. The summed E-state index contributed by atoms with van der Waals surface area (Å²) in [6, 6.07) is 8.34. The van der Waals surface area contributed by atoms with E-state index in [1.54, 1.807) is 23.0 Å². The van der Waals surface area contributed by atoms with Crippen LogP contribution in [0.15, 0.2) is 48.8 Å². The van der Waals surface area contributed by atoms with Crippen LogP contribution >= 0.6 is 0 Å². The van der Waals surface area contributed by atoms with Crippen molar-refractivity contribution in [3.8, 4) is 5.82 Å². The van der Waals surface area contributed by atoms with Crippen LogP contribution in [0.4, 0.5) is 14.5 Å². The summed E-state index contributed by atoms with van der Waals surface area (Å²) >= 11 is 0. The molecule has 122 valence electrons. The minimum absolute atomic E-state index is 0.0889. The first kappa shape index (κ1) is 15.8. The third kappa shape index (κ3) is 3.01. The van der Waals surface area contributed by atoms with Crippen molar-refractivity contribution in [1.29, 1.82) is 0 Å². The van der Waals surface area contributed by atoms with Gasteiger partial charge in [-0.2, -0.15) is 5.10 Å². The van der Waals surface area contributed by atoms with Crippen molar-refractivity contribution in [3.05, 3.63) is 71.7 Å².